The number of rotatable bonds is 8. The fraction of sp³-hybridized carbons (Fsp3) is 0.333. The van der Waals surface area contributed by atoms with Gasteiger partial charge in [0.25, 0.3) is 0 Å². The summed E-state index contributed by atoms with van der Waals surface area (Å²) in [6, 6.07) is 14.8. The zero-order valence-electron chi connectivity index (χ0n) is 16.8. The van der Waals surface area contributed by atoms with Gasteiger partial charge in [0.05, 0.1) is 12.7 Å². The maximum Gasteiger partial charge on any atom is 0.308 e. The molecule has 1 heterocycles. The topological polar surface area (TPSA) is 61.8 Å². The van der Waals surface area contributed by atoms with Crippen LogP contribution in [0.25, 0.3) is 0 Å². The lowest BCUT2D eigenvalue weighted by Gasteiger charge is -2.37. The Balaban J connectivity index is 1.87. The summed E-state index contributed by atoms with van der Waals surface area (Å²) in [6.07, 6.45) is 5.87. The van der Waals surface area contributed by atoms with E-state index < -0.39 is 6.29 Å². The Hall–Kier alpha value is -2.47. The summed E-state index contributed by atoms with van der Waals surface area (Å²) in [7, 11) is 0. The Morgan fingerprint density at radius 2 is 1.83 bits per heavy atom. The van der Waals surface area contributed by atoms with E-state index in [1.807, 2.05) is 48.6 Å². The van der Waals surface area contributed by atoms with Crippen molar-refractivity contribution in [1.29, 1.82) is 0 Å². The van der Waals surface area contributed by atoms with E-state index in [0.29, 0.717) is 36.6 Å². The largest absolute Gasteiger partial charge is 0.426 e. The molecule has 0 aromatic heterocycles. The number of carbonyl (C=O) groups excluding carboxylic acids is 2. The summed E-state index contributed by atoms with van der Waals surface area (Å²) in [5.41, 5.74) is 1.55. The SMILES string of the molecule is CC(=O)Oc1ccccc1[C@H]1O[C@@H](c2ccccc2Cl)OC[C@H]1C/C=C\CCC=O. The molecule has 0 aliphatic carbocycles. The van der Waals surface area contributed by atoms with Gasteiger partial charge in [0.15, 0.2) is 6.29 Å². The van der Waals surface area contributed by atoms with Gasteiger partial charge in [-0.3, -0.25) is 4.79 Å². The van der Waals surface area contributed by atoms with Gasteiger partial charge in [-0.2, -0.15) is 0 Å². The molecule has 0 unspecified atom stereocenters. The van der Waals surface area contributed by atoms with Crippen LogP contribution >= 0.6 is 11.6 Å². The lowest BCUT2D eigenvalue weighted by molar-refractivity contribution is -0.244. The van der Waals surface area contributed by atoms with Crippen LogP contribution in [0.4, 0.5) is 0 Å². The van der Waals surface area contributed by atoms with Crippen molar-refractivity contribution in [2.24, 2.45) is 5.92 Å². The maximum absolute atomic E-state index is 11.6. The molecule has 2 aromatic rings. The first-order valence-corrected chi connectivity index (χ1v) is 10.4. The first-order valence-electron chi connectivity index (χ1n) is 9.97. The molecule has 5 nitrogen and oxygen atoms in total. The van der Waals surface area contributed by atoms with Crippen molar-refractivity contribution in [3.8, 4) is 5.75 Å². The smallest absolute Gasteiger partial charge is 0.308 e. The van der Waals surface area contributed by atoms with Crippen LogP contribution in [-0.2, 0) is 19.1 Å². The van der Waals surface area contributed by atoms with Gasteiger partial charge in [-0.15, -0.1) is 0 Å². The Morgan fingerprint density at radius 1 is 1.10 bits per heavy atom. The lowest BCUT2D eigenvalue weighted by atomic mass is 9.91. The number of ether oxygens (including phenoxy) is 3. The van der Waals surface area contributed by atoms with Crippen LogP contribution in [0.1, 0.15) is 49.7 Å². The van der Waals surface area contributed by atoms with E-state index in [4.69, 9.17) is 25.8 Å². The summed E-state index contributed by atoms with van der Waals surface area (Å²) >= 11 is 6.35. The number of aldehydes is 1. The van der Waals surface area contributed by atoms with Crippen molar-refractivity contribution in [1.82, 2.24) is 0 Å². The molecule has 1 aliphatic heterocycles. The number of hydrogen-bond acceptors (Lipinski definition) is 5. The molecule has 0 N–H and O–H groups in total. The molecule has 0 spiro atoms. The van der Waals surface area contributed by atoms with Gasteiger partial charge in [-0.05, 0) is 25.0 Å². The minimum absolute atomic E-state index is 0.00734. The Kier molecular flexibility index (Phi) is 8.20. The quantitative estimate of drug-likeness (QED) is 0.180. The van der Waals surface area contributed by atoms with Gasteiger partial charge in [0.2, 0.25) is 0 Å². The fourth-order valence-corrected chi connectivity index (χ4v) is 3.67. The zero-order chi connectivity index (χ0) is 21.3. The molecule has 0 radical (unpaired) electrons. The molecule has 158 valence electrons. The molecule has 1 aliphatic rings. The van der Waals surface area contributed by atoms with Gasteiger partial charge in [0.1, 0.15) is 12.0 Å². The number of benzene rings is 2. The van der Waals surface area contributed by atoms with Crippen molar-refractivity contribution in [3.05, 3.63) is 76.8 Å². The Morgan fingerprint density at radius 3 is 2.57 bits per heavy atom. The molecule has 6 heteroatoms. The molecule has 1 fully saturated rings. The van der Waals surface area contributed by atoms with Gasteiger partial charge >= 0.3 is 5.97 Å². The van der Waals surface area contributed by atoms with Crippen LogP contribution in [0.2, 0.25) is 5.02 Å². The number of halogens is 1. The van der Waals surface area contributed by atoms with E-state index in [1.165, 1.54) is 6.92 Å². The number of unbranched alkanes of at least 4 members (excludes halogenated alkanes) is 1. The van der Waals surface area contributed by atoms with E-state index in [2.05, 4.69) is 0 Å². The molecule has 2 aromatic carbocycles. The first kappa shape index (κ1) is 22.2. The molecule has 1 saturated heterocycles. The van der Waals surface area contributed by atoms with Crippen LogP contribution in [0.15, 0.2) is 60.7 Å². The first-order chi connectivity index (χ1) is 14.6. The predicted octanol–water partition coefficient (Wildman–Crippen LogP) is 5.59. The number of allylic oxidation sites excluding steroid dienone is 2. The van der Waals surface area contributed by atoms with Crippen molar-refractivity contribution in [2.75, 3.05) is 6.61 Å². The highest BCUT2D eigenvalue weighted by Gasteiger charge is 2.35. The monoisotopic (exact) mass is 428 g/mol. The number of hydrogen-bond donors (Lipinski definition) is 0. The third kappa shape index (κ3) is 5.79. The van der Waals surface area contributed by atoms with Crippen LogP contribution in [0, 0.1) is 5.92 Å². The second kappa shape index (κ2) is 11.1. The van der Waals surface area contributed by atoms with Crippen molar-refractivity contribution in [3.63, 3.8) is 0 Å². The van der Waals surface area contributed by atoms with E-state index in [9.17, 15) is 9.59 Å². The lowest BCUT2D eigenvalue weighted by Crippen LogP contribution is -2.31. The summed E-state index contributed by atoms with van der Waals surface area (Å²) in [6.45, 7) is 1.83. The van der Waals surface area contributed by atoms with Gasteiger partial charge in [-0.25, -0.2) is 0 Å². The average molecular weight is 429 g/mol. The highest BCUT2D eigenvalue weighted by molar-refractivity contribution is 6.31. The predicted molar refractivity (Wildman–Crippen MR) is 114 cm³/mol. The van der Waals surface area contributed by atoms with Crippen LogP contribution in [-0.4, -0.2) is 18.9 Å². The molecule has 3 atom stereocenters. The highest BCUT2D eigenvalue weighted by atomic mass is 35.5. The van der Waals surface area contributed by atoms with Gasteiger partial charge < -0.3 is 19.0 Å². The highest BCUT2D eigenvalue weighted by Crippen LogP contribution is 2.43. The number of para-hydroxylation sites is 1. The summed E-state index contributed by atoms with van der Waals surface area (Å²) in [5, 5.41) is 0.571. The maximum atomic E-state index is 11.6. The number of carbonyl (C=O) groups is 2. The molecule has 0 amide bonds. The third-order valence-corrected chi connectivity index (χ3v) is 5.20. The van der Waals surface area contributed by atoms with Crippen LogP contribution in [0.3, 0.4) is 0 Å². The van der Waals surface area contributed by atoms with Crippen molar-refractivity contribution >= 4 is 23.9 Å². The summed E-state index contributed by atoms with van der Waals surface area (Å²) in [5.74, 6) is 0.0974. The van der Waals surface area contributed by atoms with Gasteiger partial charge in [-0.1, -0.05) is 60.2 Å². The van der Waals surface area contributed by atoms with Crippen molar-refractivity contribution in [2.45, 2.75) is 38.6 Å². The third-order valence-electron chi connectivity index (χ3n) is 4.86. The van der Waals surface area contributed by atoms with E-state index in [0.717, 1.165) is 17.4 Å². The number of esters is 1. The molecule has 0 saturated carbocycles. The Labute approximate surface area is 181 Å². The molecule has 3 rings (SSSR count). The van der Waals surface area contributed by atoms with Gasteiger partial charge in [0, 0.05) is 35.4 Å². The van der Waals surface area contributed by atoms with Crippen LogP contribution in [0.5, 0.6) is 5.75 Å². The van der Waals surface area contributed by atoms with E-state index in [-0.39, 0.29) is 18.0 Å². The second-order valence-corrected chi connectivity index (χ2v) is 7.49. The molecule has 0 bridgehead atoms. The molecular weight excluding hydrogens is 404 g/mol. The van der Waals surface area contributed by atoms with E-state index >= 15 is 0 Å². The Bertz CT molecular complexity index is 895. The average Bonchev–Trinajstić information content (AvgIpc) is 2.74. The second-order valence-electron chi connectivity index (χ2n) is 7.09. The van der Waals surface area contributed by atoms with Crippen LogP contribution < -0.4 is 4.74 Å². The normalized spacial score (nSPS) is 21.5. The minimum atomic E-state index is -0.621. The minimum Gasteiger partial charge on any atom is -0.426 e. The summed E-state index contributed by atoms with van der Waals surface area (Å²) < 4.78 is 17.8. The zero-order valence-corrected chi connectivity index (χ0v) is 17.6. The standard InChI is InChI=1S/C24H25ClO5/c1-17(27)29-22-14-8-6-12-20(22)23-18(10-4-2-3-9-15-26)16-28-24(30-23)19-11-5-7-13-21(19)25/h2,4-8,11-15,18,23-24H,3,9-10,16H2,1H3/b4-2-/t18-,23+,24+/m1/s1. The summed E-state index contributed by atoms with van der Waals surface area (Å²) in [4.78, 5) is 22.1. The fourth-order valence-electron chi connectivity index (χ4n) is 3.45. The van der Waals surface area contributed by atoms with E-state index in [1.54, 1.807) is 12.1 Å². The molecule has 30 heavy (non-hydrogen) atoms. The van der Waals surface area contributed by atoms with Crippen molar-refractivity contribution < 1.29 is 23.8 Å². The molecular formula is C24H25ClO5.